The topological polar surface area (TPSA) is 26.3 Å². The molecule has 0 N–H and O–H groups in total. The van der Waals surface area contributed by atoms with Gasteiger partial charge in [-0.3, -0.25) is 4.79 Å². The fourth-order valence-electron chi connectivity index (χ4n) is 3.34. The first kappa shape index (κ1) is 18.9. The van der Waals surface area contributed by atoms with Crippen molar-refractivity contribution < 1.29 is 9.53 Å². The summed E-state index contributed by atoms with van der Waals surface area (Å²) in [6, 6.07) is 0. The lowest BCUT2D eigenvalue weighted by atomic mass is 9.84. The number of carbonyl (C=O) groups is 1. The molecule has 1 fully saturated rings. The Morgan fingerprint density at radius 2 is 2.00 bits per heavy atom. The number of carbonyl (C=O) groups excluding carboxylic acids is 1. The molecule has 1 heterocycles. The van der Waals surface area contributed by atoms with Gasteiger partial charge in [0, 0.05) is 18.1 Å². The highest BCUT2D eigenvalue weighted by atomic mass is 32.2. The van der Waals surface area contributed by atoms with E-state index >= 15 is 0 Å². The van der Waals surface area contributed by atoms with Crippen LogP contribution in [0.1, 0.15) is 46.0 Å². The van der Waals surface area contributed by atoms with Crippen LogP contribution in [0.4, 0.5) is 0 Å². The van der Waals surface area contributed by atoms with E-state index in [4.69, 9.17) is 4.74 Å². The highest BCUT2D eigenvalue weighted by Crippen LogP contribution is 2.51. The third kappa shape index (κ3) is 4.13. The molecule has 2 rings (SSSR count). The van der Waals surface area contributed by atoms with Crippen molar-refractivity contribution in [2.45, 2.75) is 51.2 Å². The third-order valence-electron chi connectivity index (χ3n) is 4.82. The Hall–Kier alpha value is -1.48. The van der Waals surface area contributed by atoms with Crippen molar-refractivity contribution in [2.75, 3.05) is 7.11 Å². The first-order valence-electron chi connectivity index (χ1n) is 8.71. The number of thioether (sulfide) groups is 1. The fraction of sp³-hybridized carbons (Fsp3) is 0.476. The Bertz CT molecular complexity index is 612. The number of ether oxygens (including phenoxy) is 1. The molecular formula is C21H28O2S. The molecule has 1 aliphatic carbocycles. The molecule has 24 heavy (non-hydrogen) atoms. The lowest BCUT2D eigenvalue weighted by molar-refractivity contribution is -0.120. The summed E-state index contributed by atoms with van der Waals surface area (Å²) in [6.45, 7) is 12.5. The summed E-state index contributed by atoms with van der Waals surface area (Å²) in [4.78, 5) is 13.0. The number of hydrogen-bond acceptors (Lipinski definition) is 3. The summed E-state index contributed by atoms with van der Waals surface area (Å²) in [5.41, 5.74) is 3.68. The smallest absolute Gasteiger partial charge is 0.132 e. The molecule has 0 bridgehead atoms. The highest BCUT2D eigenvalue weighted by molar-refractivity contribution is 8.04. The highest BCUT2D eigenvalue weighted by Gasteiger charge is 2.34. The zero-order valence-electron chi connectivity index (χ0n) is 15.1. The van der Waals surface area contributed by atoms with E-state index in [0.29, 0.717) is 35.6 Å². The van der Waals surface area contributed by atoms with Crippen LogP contribution in [-0.4, -0.2) is 18.1 Å². The quantitative estimate of drug-likeness (QED) is 0.454. The fourth-order valence-corrected chi connectivity index (χ4v) is 4.87. The van der Waals surface area contributed by atoms with Crippen molar-refractivity contribution in [2.24, 2.45) is 5.92 Å². The summed E-state index contributed by atoms with van der Waals surface area (Å²) in [6.07, 6.45) is 10.6. The number of hydrogen-bond donors (Lipinski definition) is 0. The minimum absolute atomic E-state index is 0.407. The second-order valence-corrected chi connectivity index (χ2v) is 7.58. The van der Waals surface area contributed by atoms with Gasteiger partial charge >= 0.3 is 0 Å². The van der Waals surface area contributed by atoms with Gasteiger partial charge in [-0.1, -0.05) is 32.2 Å². The minimum Gasteiger partial charge on any atom is -0.497 e. The van der Waals surface area contributed by atoms with E-state index in [9.17, 15) is 4.79 Å². The Kier molecular flexibility index (Phi) is 6.73. The Labute approximate surface area is 150 Å². The molecule has 0 aromatic heterocycles. The Balaban J connectivity index is 2.36. The summed E-state index contributed by atoms with van der Waals surface area (Å²) in [5, 5.41) is 0.446. The van der Waals surface area contributed by atoms with E-state index in [-0.39, 0.29) is 0 Å². The van der Waals surface area contributed by atoms with Gasteiger partial charge in [-0.15, -0.1) is 11.8 Å². The molecule has 1 unspecified atom stereocenters. The lowest BCUT2D eigenvalue weighted by Crippen LogP contribution is -2.15. The van der Waals surface area contributed by atoms with Crippen LogP contribution >= 0.6 is 11.8 Å². The van der Waals surface area contributed by atoms with Crippen LogP contribution in [0.5, 0.6) is 0 Å². The Morgan fingerprint density at radius 1 is 1.33 bits per heavy atom. The Morgan fingerprint density at radius 3 is 2.54 bits per heavy atom. The normalized spacial score (nSPS) is 23.5. The van der Waals surface area contributed by atoms with Crippen LogP contribution in [0, 0.1) is 5.92 Å². The maximum atomic E-state index is 11.6. The molecule has 2 aliphatic rings. The van der Waals surface area contributed by atoms with Crippen molar-refractivity contribution in [3.63, 3.8) is 0 Å². The average Bonchev–Trinajstić information content (AvgIpc) is 2.93. The van der Waals surface area contributed by atoms with Gasteiger partial charge in [-0.05, 0) is 59.8 Å². The van der Waals surface area contributed by atoms with Crippen molar-refractivity contribution in [1.29, 1.82) is 0 Å². The summed E-state index contributed by atoms with van der Waals surface area (Å²) >= 11 is 1.96. The van der Waals surface area contributed by atoms with Gasteiger partial charge in [0.2, 0.25) is 0 Å². The number of methoxy groups -OCH3 is 1. The van der Waals surface area contributed by atoms with E-state index in [1.807, 2.05) is 17.8 Å². The standard InChI is InChI=1S/C21H28O2S/c1-6-16(9-8-14(3)23-5)20-15(4)19(7-2)24-21(20)17-10-12-18(22)13-11-17/h6,8-9,17,19H,3-4,7,10-13H2,1-2,5H3. The van der Waals surface area contributed by atoms with Gasteiger partial charge in [-0.2, -0.15) is 0 Å². The molecule has 1 aliphatic heterocycles. The van der Waals surface area contributed by atoms with E-state index in [0.717, 1.165) is 19.3 Å². The van der Waals surface area contributed by atoms with Crippen molar-refractivity contribution >= 4 is 17.5 Å². The molecule has 0 saturated heterocycles. The van der Waals surface area contributed by atoms with E-state index in [1.54, 1.807) is 7.11 Å². The SMILES string of the molecule is C=C(C=CC(=CC)C1=C(C2CCC(=O)CC2)SC(CC)C1=C)OC. The van der Waals surface area contributed by atoms with Gasteiger partial charge in [0.05, 0.1) is 7.11 Å². The number of rotatable bonds is 6. The first-order valence-corrected chi connectivity index (χ1v) is 9.59. The predicted octanol–water partition coefficient (Wildman–Crippen LogP) is 5.74. The molecule has 130 valence electrons. The van der Waals surface area contributed by atoms with Crippen molar-refractivity contribution in [3.05, 3.63) is 58.8 Å². The molecule has 0 spiro atoms. The second kappa shape index (κ2) is 8.57. The van der Waals surface area contributed by atoms with Gasteiger partial charge in [-0.25, -0.2) is 0 Å². The summed E-state index contributed by atoms with van der Waals surface area (Å²) < 4.78 is 5.14. The van der Waals surface area contributed by atoms with Crippen LogP contribution in [-0.2, 0) is 9.53 Å². The monoisotopic (exact) mass is 344 g/mol. The maximum absolute atomic E-state index is 11.6. The van der Waals surface area contributed by atoms with E-state index < -0.39 is 0 Å². The van der Waals surface area contributed by atoms with Crippen molar-refractivity contribution in [3.8, 4) is 0 Å². The van der Waals surface area contributed by atoms with Crippen LogP contribution in [0.15, 0.2) is 58.8 Å². The summed E-state index contributed by atoms with van der Waals surface area (Å²) in [7, 11) is 1.63. The second-order valence-electron chi connectivity index (χ2n) is 6.34. The molecule has 3 heteroatoms. The molecule has 0 amide bonds. The number of ketones is 1. The van der Waals surface area contributed by atoms with Gasteiger partial charge in [0.1, 0.15) is 11.5 Å². The molecule has 0 aromatic rings. The first-order chi connectivity index (χ1) is 11.5. The number of Topliss-reactive ketones (excluding diaryl/α,β-unsaturated/α-hetero) is 1. The van der Waals surface area contributed by atoms with Crippen LogP contribution in [0.3, 0.4) is 0 Å². The maximum Gasteiger partial charge on any atom is 0.132 e. The third-order valence-corrected chi connectivity index (χ3v) is 6.51. The minimum atomic E-state index is 0.407. The van der Waals surface area contributed by atoms with Crippen LogP contribution < -0.4 is 0 Å². The summed E-state index contributed by atoms with van der Waals surface area (Å²) in [5.74, 6) is 1.54. The molecular weight excluding hydrogens is 316 g/mol. The predicted molar refractivity (Wildman–Crippen MR) is 104 cm³/mol. The largest absolute Gasteiger partial charge is 0.497 e. The van der Waals surface area contributed by atoms with Crippen LogP contribution in [0.2, 0.25) is 0 Å². The zero-order chi connectivity index (χ0) is 17.7. The molecule has 2 nitrogen and oxygen atoms in total. The van der Waals surface area contributed by atoms with Crippen molar-refractivity contribution in [1.82, 2.24) is 0 Å². The van der Waals surface area contributed by atoms with Gasteiger partial charge < -0.3 is 4.74 Å². The zero-order valence-corrected chi connectivity index (χ0v) is 15.9. The van der Waals surface area contributed by atoms with Crippen LogP contribution in [0.25, 0.3) is 0 Å². The molecule has 0 aromatic carbocycles. The van der Waals surface area contributed by atoms with Gasteiger partial charge in [0.25, 0.3) is 0 Å². The van der Waals surface area contributed by atoms with Gasteiger partial charge in [0.15, 0.2) is 0 Å². The van der Waals surface area contributed by atoms with E-state index in [1.165, 1.54) is 21.6 Å². The molecule has 0 radical (unpaired) electrons. The average molecular weight is 345 g/mol. The number of allylic oxidation sites excluding steroid dienone is 6. The molecule has 1 saturated carbocycles. The van der Waals surface area contributed by atoms with E-state index in [2.05, 4.69) is 39.2 Å². The lowest BCUT2D eigenvalue weighted by Gasteiger charge is -2.23. The molecule has 1 atom stereocenters.